The fourth-order valence-electron chi connectivity index (χ4n) is 6.51. The number of hydrogen-bond donors (Lipinski definition) is 0. The lowest BCUT2D eigenvalue weighted by Crippen LogP contribution is -2.47. The summed E-state index contributed by atoms with van der Waals surface area (Å²) in [5.41, 5.74) is 5.37. The average molecular weight is 373 g/mol. The summed E-state index contributed by atoms with van der Waals surface area (Å²) in [5.74, 6) is 2.76. The zero-order valence-corrected chi connectivity index (χ0v) is 18.4. The summed E-state index contributed by atoms with van der Waals surface area (Å²) in [6.45, 7) is 9.50. The highest BCUT2D eigenvalue weighted by atomic mass is 28.4. The third-order valence-electron chi connectivity index (χ3n) is 7.59. The van der Waals surface area contributed by atoms with Gasteiger partial charge in [0.05, 0.1) is 19.0 Å². The minimum absolute atomic E-state index is 0.433. The number of fused-ring (bicyclic) bond motifs is 4. The molecule has 3 heteroatoms. The van der Waals surface area contributed by atoms with Crippen molar-refractivity contribution in [1.82, 2.24) is 0 Å². The zero-order chi connectivity index (χ0) is 18.5. The van der Waals surface area contributed by atoms with Crippen molar-refractivity contribution in [1.29, 1.82) is 0 Å². The van der Waals surface area contributed by atoms with E-state index in [1.54, 1.807) is 11.1 Å². The van der Waals surface area contributed by atoms with Crippen LogP contribution < -0.4 is 0 Å². The second kappa shape index (κ2) is 6.67. The molecule has 4 aliphatic rings. The summed E-state index contributed by atoms with van der Waals surface area (Å²) in [6.07, 6.45) is 15.4. The normalized spacial score (nSPS) is 36.7. The van der Waals surface area contributed by atoms with Crippen LogP contribution in [0.5, 0.6) is 0 Å². The van der Waals surface area contributed by atoms with Crippen LogP contribution in [0.2, 0.25) is 19.6 Å². The van der Waals surface area contributed by atoms with E-state index in [-0.39, 0.29) is 0 Å². The van der Waals surface area contributed by atoms with Crippen molar-refractivity contribution >= 4 is 8.32 Å². The topological polar surface area (TPSA) is 18.5 Å². The van der Waals surface area contributed by atoms with Gasteiger partial charge in [0.25, 0.3) is 0 Å². The number of hydrogen-bond acceptors (Lipinski definition) is 2. The van der Waals surface area contributed by atoms with Crippen molar-refractivity contribution in [2.45, 2.75) is 84.0 Å². The van der Waals surface area contributed by atoms with Gasteiger partial charge in [0.1, 0.15) is 0 Å². The van der Waals surface area contributed by atoms with Gasteiger partial charge in [0.2, 0.25) is 0 Å². The van der Waals surface area contributed by atoms with E-state index >= 15 is 0 Å². The average Bonchev–Trinajstić information content (AvgIpc) is 2.98. The van der Waals surface area contributed by atoms with Gasteiger partial charge in [-0.1, -0.05) is 18.6 Å². The molecule has 0 heterocycles. The van der Waals surface area contributed by atoms with Crippen LogP contribution in [-0.2, 0) is 9.16 Å². The molecule has 0 radical (unpaired) electrons. The first-order valence-electron chi connectivity index (χ1n) is 10.7. The predicted octanol–water partition coefficient (Wildman–Crippen LogP) is 6.37. The minimum atomic E-state index is -1.49. The molecule has 0 aromatic carbocycles. The van der Waals surface area contributed by atoms with Gasteiger partial charge < -0.3 is 9.16 Å². The van der Waals surface area contributed by atoms with Gasteiger partial charge in [0, 0.05) is 6.42 Å². The van der Waals surface area contributed by atoms with Crippen LogP contribution in [-0.4, -0.2) is 21.5 Å². The first kappa shape index (κ1) is 18.6. The molecule has 2 saturated carbocycles. The van der Waals surface area contributed by atoms with Gasteiger partial charge in [0.15, 0.2) is 8.32 Å². The molecule has 2 fully saturated rings. The first-order chi connectivity index (χ1) is 12.4. The number of ether oxygens (including phenoxy) is 1. The molecule has 0 aromatic heterocycles. The smallest absolute Gasteiger partial charge is 0.184 e. The Kier molecular flexibility index (Phi) is 4.76. The van der Waals surface area contributed by atoms with Crippen molar-refractivity contribution in [3.63, 3.8) is 0 Å². The summed E-state index contributed by atoms with van der Waals surface area (Å²) in [7, 11) is 0.318. The highest BCUT2D eigenvalue weighted by Gasteiger charge is 2.56. The van der Waals surface area contributed by atoms with Crippen LogP contribution >= 0.6 is 0 Å². The van der Waals surface area contributed by atoms with Gasteiger partial charge in [-0.05, 0) is 99.1 Å². The SMILES string of the molecule is CCC12CCC3=C4CCC(OC)=CC4=CCC3C1CCC2O[Si](C)(C)C. The molecular weight excluding hydrogens is 336 g/mol. The highest BCUT2D eigenvalue weighted by Crippen LogP contribution is 2.62. The number of allylic oxidation sites excluding steroid dienone is 6. The largest absolute Gasteiger partial charge is 0.501 e. The Hall–Kier alpha value is -0.803. The van der Waals surface area contributed by atoms with Gasteiger partial charge in [-0.15, -0.1) is 0 Å². The first-order valence-corrected chi connectivity index (χ1v) is 14.1. The summed E-state index contributed by atoms with van der Waals surface area (Å²) >= 11 is 0. The lowest BCUT2D eigenvalue weighted by molar-refractivity contribution is -0.00264. The van der Waals surface area contributed by atoms with Crippen LogP contribution in [0.3, 0.4) is 0 Å². The molecule has 0 bridgehead atoms. The molecule has 4 aliphatic carbocycles. The second-order valence-corrected chi connectivity index (χ2v) is 14.3. The summed E-state index contributed by atoms with van der Waals surface area (Å²) in [6, 6.07) is 0. The monoisotopic (exact) mass is 372 g/mol. The van der Waals surface area contributed by atoms with E-state index in [1.165, 1.54) is 50.5 Å². The van der Waals surface area contributed by atoms with Crippen LogP contribution in [0.15, 0.2) is 34.6 Å². The molecule has 0 N–H and O–H groups in total. The zero-order valence-electron chi connectivity index (χ0n) is 17.4. The minimum Gasteiger partial charge on any atom is -0.501 e. The fraction of sp³-hybridized carbons (Fsp3) is 0.739. The molecule has 4 unspecified atom stereocenters. The lowest BCUT2D eigenvalue weighted by Gasteiger charge is -2.50. The molecule has 0 aliphatic heterocycles. The Morgan fingerprint density at radius 2 is 1.96 bits per heavy atom. The van der Waals surface area contributed by atoms with Crippen molar-refractivity contribution < 1.29 is 9.16 Å². The summed E-state index contributed by atoms with van der Waals surface area (Å²) in [5, 5.41) is 0. The van der Waals surface area contributed by atoms with E-state index in [4.69, 9.17) is 9.16 Å². The fourth-order valence-corrected chi connectivity index (χ4v) is 7.71. The maximum absolute atomic E-state index is 6.76. The Bertz CT molecular complexity index is 666. The van der Waals surface area contributed by atoms with Crippen LogP contribution in [0, 0.1) is 17.3 Å². The molecule has 0 aromatic rings. The Labute approximate surface area is 160 Å². The molecular formula is C23H36O2Si. The molecule has 4 atom stereocenters. The van der Waals surface area contributed by atoms with Crippen molar-refractivity contribution in [2.75, 3.05) is 7.11 Å². The van der Waals surface area contributed by atoms with Crippen LogP contribution in [0.1, 0.15) is 58.3 Å². The Morgan fingerprint density at radius 3 is 2.65 bits per heavy atom. The van der Waals surface area contributed by atoms with E-state index < -0.39 is 8.32 Å². The van der Waals surface area contributed by atoms with E-state index in [0.717, 1.165) is 24.0 Å². The standard InChI is InChI=1S/C23H36O2Si/c1-6-23-14-13-19-18-10-8-17(24-2)15-16(18)7-9-20(19)21(23)11-12-22(23)25-26(3,4)5/h7,15,20-22H,6,8-14H2,1-5H3. The maximum atomic E-state index is 6.76. The molecule has 0 spiro atoms. The lowest BCUT2D eigenvalue weighted by atomic mass is 9.56. The van der Waals surface area contributed by atoms with E-state index in [9.17, 15) is 0 Å². The number of rotatable bonds is 4. The third-order valence-corrected chi connectivity index (χ3v) is 8.59. The van der Waals surface area contributed by atoms with Gasteiger partial charge in [-0.2, -0.15) is 0 Å². The molecule has 0 saturated heterocycles. The van der Waals surface area contributed by atoms with Crippen LogP contribution in [0.25, 0.3) is 0 Å². The molecule has 0 amide bonds. The Balaban J connectivity index is 1.64. The summed E-state index contributed by atoms with van der Waals surface area (Å²) in [4.78, 5) is 0. The quantitative estimate of drug-likeness (QED) is 0.533. The van der Waals surface area contributed by atoms with E-state index in [1.807, 2.05) is 7.11 Å². The molecule has 26 heavy (non-hydrogen) atoms. The van der Waals surface area contributed by atoms with Crippen molar-refractivity contribution in [2.24, 2.45) is 17.3 Å². The molecule has 4 rings (SSSR count). The second-order valence-electron chi connectivity index (χ2n) is 9.81. The molecule has 144 valence electrons. The predicted molar refractivity (Wildman–Crippen MR) is 110 cm³/mol. The van der Waals surface area contributed by atoms with Gasteiger partial charge >= 0.3 is 0 Å². The van der Waals surface area contributed by atoms with Gasteiger partial charge in [-0.25, -0.2) is 0 Å². The van der Waals surface area contributed by atoms with Crippen molar-refractivity contribution in [3.8, 4) is 0 Å². The van der Waals surface area contributed by atoms with E-state index in [0.29, 0.717) is 11.5 Å². The Morgan fingerprint density at radius 1 is 1.15 bits per heavy atom. The van der Waals surface area contributed by atoms with Gasteiger partial charge in [-0.3, -0.25) is 0 Å². The summed E-state index contributed by atoms with van der Waals surface area (Å²) < 4.78 is 12.3. The number of methoxy groups -OCH3 is 1. The van der Waals surface area contributed by atoms with Crippen molar-refractivity contribution in [3.05, 3.63) is 34.6 Å². The molecule has 2 nitrogen and oxygen atoms in total. The highest BCUT2D eigenvalue weighted by molar-refractivity contribution is 6.69. The maximum Gasteiger partial charge on any atom is 0.184 e. The third kappa shape index (κ3) is 2.95. The van der Waals surface area contributed by atoms with E-state index in [2.05, 4.69) is 38.7 Å². The van der Waals surface area contributed by atoms with Crippen LogP contribution in [0.4, 0.5) is 0 Å².